The van der Waals surface area contributed by atoms with Crippen LogP contribution in [0.5, 0.6) is 0 Å². The lowest BCUT2D eigenvalue weighted by Gasteiger charge is -2.27. The van der Waals surface area contributed by atoms with Gasteiger partial charge in [0.25, 0.3) is 5.76 Å². The van der Waals surface area contributed by atoms with E-state index in [0.717, 1.165) is 11.4 Å². The minimum Gasteiger partial charge on any atom is -0.331 e. The number of para-hydroxylation sites is 2. The smallest absolute Gasteiger partial charge is 0.288 e. The normalized spacial score (nSPS) is 10.5. The molecule has 3 aromatic carbocycles. The topological polar surface area (TPSA) is 27.3 Å². The zero-order valence-corrected chi connectivity index (χ0v) is 15.8. The summed E-state index contributed by atoms with van der Waals surface area (Å²) in [6.07, 6.45) is 0. The van der Waals surface area contributed by atoms with Gasteiger partial charge in [-0.25, -0.2) is 0 Å². The van der Waals surface area contributed by atoms with E-state index in [9.17, 15) is 8.78 Å². The van der Waals surface area contributed by atoms with Crippen LogP contribution in [-0.4, -0.2) is 10.9 Å². The van der Waals surface area contributed by atoms with Crippen molar-refractivity contribution >= 4 is 46.2 Å². The predicted molar refractivity (Wildman–Crippen MR) is 113 cm³/mol. The van der Waals surface area contributed by atoms with Crippen molar-refractivity contribution in [1.29, 1.82) is 0 Å². The standard InChI is InChI=1S/C20H17F2N3S2/c21-19(22)27-18-13-11-15(12-14-18)23-20(26)24-25(16-7-3-1-4-8-16)17-9-5-2-6-10-17/h1-14,19H,(H2,23,24,26). The quantitative estimate of drug-likeness (QED) is 0.298. The molecular weight excluding hydrogens is 384 g/mol. The van der Waals surface area contributed by atoms with Crippen molar-refractivity contribution in [2.24, 2.45) is 0 Å². The van der Waals surface area contributed by atoms with Gasteiger partial charge in [0.1, 0.15) is 0 Å². The van der Waals surface area contributed by atoms with Gasteiger partial charge >= 0.3 is 0 Å². The summed E-state index contributed by atoms with van der Waals surface area (Å²) in [6.45, 7) is 0. The molecule has 0 saturated heterocycles. The van der Waals surface area contributed by atoms with E-state index in [0.29, 0.717) is 27.5 Å². The summed E-state index contributed by atoms with van der Waals surface area (Å²) in [6, 6.07) is 26.3. The van der Waals surface area contributed by atoms with Gasteiger partial charge < -0.3 is 5.32 Å². The van der Waals surface area contributed by atoms with E-state index in [-0.39, 0.29) is 0 Å². The van der Waals surface area contributed by atoms with E-state index < -0.39 is 5.76 Å². The SMILES string of the molecule is FC(F)Sc1ccc(NC(=S)NN(c2ccccc2)c2ccccc2)cc1. The van der Waals surface area contributed by atoms with Crippen LogP contribution in [0.25, 0.3) is 0 Å². The monoisotopic (exact) mass is 401 g/mol. The second-order valence-corrected chi connectivity index (χ2v) is 6.95. The number of hydrogen-bond donors (Lipinski definition) is 2. The lowest BCUT2D eigenvalue weighted by atomic mass is 10.2. The van der Waals surface area contributed by atoms with Crippen LogP contribution in [0, 0.1) is 0 Å². The maximum absolute atomic E-state index is 12.4. The Morgan fingerprint density at radius 3 is 1.81 bits per heavy atom. The number of nitrogens with one attached hydrogen (secondary N) is 2. The fraction of sp³-hybridized carbons (Fsp3) is 0.0500. The van der Waals surface area contributed by atoms with Crippen LogP contribution in [-0.2, 0) is 0 Å². The van der Waals surface area contributed by atoms with E-state index in [4.69, 9.17) is 12.2 Å². The molecule has 0 aliphatic heterocycles. The van der Waals surface area contributed by atoms with Crippen molar-refractivity contribution in [3.63, 3.8) is 0 Å². The van der Waals surface area contributed by atoms with Crippen molar-refractivity contribution in [2.75, 3.05) is 10.3 Å². The van der Waals surface area contributed by atoms with Gasteiger partial charge in [0, 0.05) is 10.6 Å². The summed E-state index contributed by atoms with van der Waals surface area (Å²) in [5.74, 6) is -2.43. The van der Waals surface area contributed by atoms with Crippen LogP contribution in [0.15, 0.2) is 89.8 Å². The Hall–Kier alpha value is -2.64. The summed E-state index contributed by atoms with van der Waals surface area (Å²) < 4.78 is 24.8. The van der Waals surface area contributed by atoms with E-state index in [1.54, 1.807) is 24.3 Å². The molecule has 138 valence electrons. The Labute approximate surface area is 166 Å². The highest BCUT2D eigenvalue weighted by Crippen LogP contribution is 2.26. The molecule has 2 N–H and O–H groups in total. The zero-order chi connectivity index (χ0) is 19.1. The van der Waals surface area contributed by atoms with E-state index in [1.165, 1.54) is 0 Å². The number of thioether (sulfide) groups is 1. The molecule has 0 spiro atoms. The van der Waals surface area contributed by atoms with Crippen molar-refractivity contribution in [2.45, 2.75) is 10.7 Å². The number of hydrazine groups is 1. The third-order valence-electron chi connectivity index (χ3n) is 3.58. The number of thiocarbonyl (C=S) groups is 1. The summed E-state index contributed by atoms with van der Waals surface area (Å²) in [4.78, 5) is 0.504. The van der Waals surface area contributed by atoms with Crippen molar-refractivity contribution in [3.8, 4) is 0 Å². The molecule has 0 unspecified atom stereocenters. The minimum atomic E-state index is -2.43. The highest BCUT2D eigenvalue weighted by molar-refractivity contribution is 7.99. The zero-order valence-electron chi connectivity index (χ0n) is 14.2. The molecule has 7 heteroatoms. The van der Waals surface area contributed by atoms with E-state index >= 15 is 0 Å². The molecule has 0 fully saturated rings. The molecule has 0 amide bonds. The maximum Gasteiger partial charge on any atom is 0.288 e. The van der Waals surface area contributed by atoms with Crippen LogP contribution in [0.1, 0.15) is 0 Å². The molecule has 27 heavy (non-hydrogen) atoms. The van der Waals surface area contributed by atoms with Crippen LogP contribution >= 0.6 is 24.0 Å². The number of hydrogen-bond acceptors (Lipinski definition) is 3. The van der Waals surface area contributed by atoms with Crippen LogP contribution in [0.2, 0.25) is 0 Å². The van der Waals surface area contributed by atoms with Gasteiger partial charge in [-0.1, -0.05) is 48.2 Å². The van der Waals surface area contributed by atoms with Crippen LogP contribution in [0.4, 0.5) is 25.8 Å². The largest absolute Gasteiger partial charge is 0.331 e. The molecular formula is C20H17F2N3S2. The van der Waals surface area contributed by atoms with Gasteiger partial charge in [0.05, 0.1) is 11.4 Å². The molecule has 0 aliphatic rings. The summed E-state index contributed by atoms with van der Waals surface area (Å²) in [5.41, 5.74) is 5.74. The average Bonchev–Trinajstić information content (AvgIpc) is 2.69. The van der Waals surface area contributed by atoms with Crippen LogP contribution in [0.3, 0.4) is 0 Å². The Balaban J connectivity index is 1.71. The Bertz CT molecular complexity index is 820. The van der Waals surface area contributed by atoms with E-state index in [2.05, 4.69) is 10.7 Å². The van der Waals surface area contributed by atoms with Gasteiger partial charge in [-0.15, -0.1) is 0 Å². The molecule has 0 heterocycles. The van der Waals surface area contributed by atoms with Gasteiger partial charge in [-0.2, -0.15) is 8.78 Å². The fourth-order valence-corrected chi connectivity index (χ4v) is 3.12. The molecule has 3 rings (SSSR count). The van der Waals surface area contributed by atoms with E-state index in [1.807, 2.05) is 65.7 Å². The summed E-state index contributed by atoms with van der Waals surface area (Å²) in [7, 11) is 0. The van der Waals surface area contributed by atoms with Crippen molar-refractivity contribution in [3.05, 3.63) is 84.9 Å². The molecule has 0 saturated carbocycles. The first kappa shape index (κ1) is 19.1. The fourth-order valence-electron chi connectivity index (χ4n) is 2.41. The molecule has 0 aromatic heterocycles. The second-order valence-electron chi connectivity index (χ2n) is 5.48. The number of nitrogens with zero attached hydrogens (tertiary/aromatic N) is 1. The third-order valence-corrected chi connectivity index (χ3v) is 4.50. The average molecular weight is 402 g/mol. The van der Waals surface area contributed by atoms with Gasteiger partial charge in [-0.3, -0.25) is 10.4 Å². The number of rotatable bonds is 6. The summed E-state index contributed by atoms with van der Waals surface area (Å²) in [5, 5.41) is 5.33. The first-order valence-corrected chi connectivity index (χ1v) is 9.43. The Morgan fingerprint density at radius 1 is 0.815 bits per heavy atom. The van der Waals surface area contributed by atoms with Gasteiger partial charge in [0.2, 0.25) is 0 Å². The lowest BCUT2D eigenvalue weighted by molar-refractivity contribution is 0.252. The molecule has 3 nitrogen and oxygen atoms in total. The predicted octanol–water partition coefficient (Wildman–Crippen LogP) is 6.04. The summed E-state index contributed by atoms with van der Waals surface area (Å²) >= 11 is 5.94. The number of alkyl halides is 2. The Morgan fingerprint density at radius 2 is 1.33 bits per heavy atom. The van der Waals surface area contributed by atoms with Crippen molar-refractivity contribution < 1.29 is 8.78 Å². The molecule has 0 atom stereocenters. The number of benzene rings is 3. The first-order valence-electron chi connectivity index (χ1n) is 8.14. The molecule has 0 bridgehead atoms. The van der Waals surface area contributed by atoms with Crippen molar-refractivity contribution in [1.82, 2.24) is 5.43 Å². The number of anilines is 3. The number of halogens is 2. The maximum atomic E-state index is 12.4. The molecule has 0 aliphatic carbocycles. The molecule has 0 radical (unpaired) electrons. The van der Waals surface area contributed by atoms with Crippen LogP contribution < -0.4 is 15.8 Å². The highest BCUT2D eigenvalue weighted by atomic mass is 32.2. The lowest BCUT2D eigenvalue weighted by Crippen LogP contribution is -2.41. The minimum absolute atomic E-state index is 0.386. The van der Waals surface area contributed by atoms with Gasteiger partial charge in [-0.05, 0) is 60.7 Å². The second kappa shape index (κ2) is 9.34. The van der Waals surface area contributed by atoms with Gasteiger partial charge in [0.15, 0.2) is 5.11 Å². The molecule has 3 aromatic rings. The third kappa shape index (κ3) is 5.67. The Kier molecular flexibility index (Phi) is 6.62. The first-order chi connectivity index (χ1) is 13.1. The highest BCUT2D eigenvalue weighted by Gasteiger charge is 2.11.